The van der Waals surface area contributed by atoms with Gasteiger partial charge in [-0.25, -0.2) is 0 Å². The van der Waals surface area contributed by atoms with Crippen LogP contribution in [-0.2, 0) is 0 Å². The highest BCUT2D eigenvalue weighted by Crippen LogP contribution is 2.48. The highest BCUT2D eigenvalue weighted by atomic mass is 79.9. The van der Waals surface area contributed by atoms with Crippen molar-refractivity contribution >= 4 is 17.0 Å². The topological polar surface area (TPSA) is 23.5 Å². The number of likely N-dealkylation sites (tertiary alicyclic amines) is 1. The van der Waals surface area contributed by atoms with Crippen molar-refractivity contribution in [1.82, 2.24) is 4.90 Å². The smallest absolute Gasteiger partial charge is 0.0839 e. The second-order valence-corrected chi connectivity index (χ2v) is 5.10. The first kappa shape index (κ1) is 13.1. The van der Waals surface area contributed by atoms with Crippen molar-refractivity contribution < 1.29 is 5.11 Å². The maximum absolute atomic E-state index is 10.3. The Hall–Kier alpha value is -0.380. The summed E-state index contributed by atoms with van der Waals surface area (Å²) in [6.07, 6.45) is 0.972. The molecule has 17 heavy (non-hydrogen) atoms. The van der Waals surface area contributed by atoms with Crippen LogP contribution in [0.5, 0.6) is 0 Å². The summed E-state index contributed by atoms with van der Waals surface area (Å²) in [5.74, 6) is 1.00. The Morgan fingerprint density at radius 1 is 1.24 bits per heavy atom. The Labute approximate surface area is 113 Å². The number of fused-ring (bicyclic) bond motifs is 3. The molecule has 2 aliphatic rings. The minimum Gasteiger partial charge on any atom is -0.388 e. The van der Waals surface area contributed by atoms with Gasteiger partial charge in [-0.2, -0.15) is 0 Å². The molecule has 0 radical (unpaired) electrons. The van der Waals surface area contributed by atoms with Crippen molar-refractivity contribution in [3.63, 3.8) is 0 Å². The molecule has 1 aromatic rings. The zero-order chi connectivity index (χ0) is 11.1. The normalized spacial score (nSPS) is 30.8. The van der Waals surface area contributed by atoms with Gasteiger partial charge in [0, 0.05) is 24.9 Å². The second-order valence-electron chi connectivity index (χ2n) is 5.10. The molecule has 0 amide bonds. The Morgan fingerprint density at radius 2 is 1.94 bits per heavy atom. The first-order valence-corrected chi connectivity index (χ1v) is 6.30. The summed E-state index contributed by atoms with van der Waals surface area (Å²) < 4.78 is 0. The van der Waals surface area contributed by atoms with E-state index in [0.717, 1.165) is 13.1 Å². The van der Waals surface area contributed by atoms with E-state index in [1.54, 1.807) is 0 Å². The van der Waals surface area contributed by atoms with E-state index in [0.29, 0.717) is 11.8 Å². The molecule has 3 rings (SSSR count). The maximum atomic E-state index is 10.3. The summed E-state index contributed by atoms with van der Waals surface area (Å²) in [5, 5.41) is 10.3. The molecule has 1 aliphatic carbocycles. The predicted octanol–water partition coefficient (Wildman–Crippen LogP) is 2.74. The molecule has 1 N–H and O–H groups in total. The van der Waals surface area contributed by atoms with Gasteiger partial charge in [0.05, 0.1) is 6.10 Å². The molecule has 1 aromatic carbocycles. The maximum Gasteiger partial charge on any atom is 0.0839 e. The van der Waals surface area contributed by atoms with Crippen LogP contribution in [-0.4, -0.2) is 29.6 Å². The van der Waals surface area contributed by atoms with Crippen molar-refractivity contribution in [3.05, 3.63) is 35.4 Å². The van der Waals surface area contributed by atoms with E-state index in [9.17, 15) is 5.11 Å². The van der Waals surface area contributed by atoms with Crippen LogP contribution in [0.1, 0.15) is 36.5 Å². The van der Waals surface area contributed by atoms with Gasteiger partial charge in [-0.3, -0.25) is 0 Å². The van der Waals surface area contributed by atoms with Gasteiger partial charge in [0.1, 0.15) is 0 Å². The molecule has 2 nitrogen and oxygen atoms in total. The summed E-state index contributed by atoms with van der Waals surface area (Å²) in [6.45, 7) is 5.58. The Morgan fingerprint density at radius 3 is 2.65 bits per heavy atom. The van der Waals surface area contributed by atoms with E-state index >= 15 is 0 Å². The van der Waals surface area contributed by atoms with Gasteiger partial charge in [-0.1, -0.05) is 31.2 Å². The summed E-state index contributed by atoms with van der Waals surface area (Å²) in [7, 11) is 0. The first-order valence-electron chi connectivity index (χ1n) is 6.30. The fourth-order valence-corrected chi connectivity index (χ4v) is 3.41. The third-order valence-electron chi connectivity index (χ3n) is 4.10. The highest BCUT2D eigenvalue weighted by Gasteiger charge is 2.44. The van der Waals surface area contributed by atoms with Crippen LogP contribution in [0.3, 0.4) is 0 Å². The summed E-state index contributed by atoms with van der Waals surface area (Å²) in [4.78, 5) is 2.49. The van der Waals surface area contributed by atoms with Crippen LogP contribution >= 0.6 is 17.0 Å². The number of benzene rings is 1. The van der Waals surface area contributed by atoms with Gasteiger partial charge in [-0.05, 0) is 24.1 Å². The summed E-state index contributed by atoms with van der Waals surface area (Å²) >= 11 is 0. The lowest BCUT2D eigenvalue weighted by Gasteiger charge is -2.17. The summed E-state index contributed by atoms with van der Waals surface area (Å²) in [6, 6.07) is 8.41. The van der Waals surface area contributed by atoms with Crippen molar-refractivity contribution in [2.24, 2.45) is 5.92 Å². The van der Waals surface area contributed by atoms with Gasteiger partial charge in [0.25, 0.3) is 0 Å². The quantitative estimate of drug-likeness (QED) is 0.907. The molecule has 1 fully saturated rings. The molecule has 1 aliphatic heterocycles. The SMILES string of the molecule is Br.CCCN1CC2c3ccccc3C(O)C2C1. The highest BCUT2D eigenvalue weighted by molar-refractivity contribution is 8.93. The lowest BCUT2D eigenvalue weighted by atomic mass is 9.96. The monoisotopic (exact) mass is 297 g/mol. The molecular weight excluding hydrogens is 278 g/mol. The minimum absolute atomic E-state index is 0. The second kappa shape index (κ2) is 5.09. The number of aliphatic hydroxyl groups is 1. The lowest BCUT2D eigenvalue weighted by Crippen LogP contribution is -2.23. The molecule has 0 saturated carbocycles. The van der Waals surface area contributed by atoms with Crippen LogP contribution in [0.15, 0.2) is 24.3 Å². The third-order valence-corrected chi connectivity index (χ3v) is 4.10. The van der Waals surface area contributed by atoms with Crippen LogP contribution in [0.4, 0.5) is 0 Å². The number of aliphatic hydroxyl groups excluding tert-OH is 1. The molecule has 3 atom stereocenters. The van der Waals surface area contributed by atoms with Crippen LogP contribution in [0, 0.1) is 5.92 Å². The van der Waals surface area contributed by atoms with Crippen LogP contribution in [0.2, 0.25) is 0 Å². The van der Waals surface area contributed by atoms with Crippen molar-refractivity contribution in [3.8, 4) is 0 Å². The predicted molar refractivity (Wildman–Crippen MR) is 74.7 cm³/mol. The number of hydrogen-bond acceptors (Lipinski definition) is 2. The van der Waals surface area contributed by atoms with Gasteiger partial charge in [0.2, 0.25) is 0 Å². The van der Waals surface area contributed by atoms with Crippen molar-refractivity contribution in [2.75, 3.05) is 19.6 Å². The van der Waals surface area contributed by atoms with E-state index in [-0.39, 0.29) is 23.1 Å². The third kappa shape index (κ3) is 2.05. The number of hydrogen-bond donors (Lipinski definition) is 1. The Kier molecular flexibility index (Phi) is 3.91. The fraction of sp³-hybridized carbons (Fsp3) is 0.571. The van der Waals surface area contributed by atoms with E-state index in [2.05, 4.69) is 30.0 Å². The van der Waals surface area contributed by atoms with Gasteiger partial charge in [-0.15, -0.1) is 17.0 Å². The summed E-state index contributed by atoms with van der Waals surface area (Å²) in [5.41, 5.74) is 2.56. The van der Waals surface area contributed by atoms with Gasteiger partial charge in [0.15, 0.2) is 0 Å². The van der Waals surface area contributed by atoms with E-state index in [1.165, 1.54) is 24.1 Å². The molecule has 0 spiro atoms. The van der Waals surface area contributed by atoms with E-state index in [4.69, 9.17) is 0 Å². The average Bonchev–Trinajstić information content (AvgIpc) is 2.81. The molecule has 1 saturated heterocycles. The van der Waals surface area contributed by atoms with Crippen molar-refractivity contribution in [2.45, 2.75) is 25.4 Å². The molecule has 1 heterocycles. The number of nitrogens with zero attached hydrogens (tertiary/aromatic N) is 1. The number of halogens is 1. The van der Waals surface area contributed by atoms with Gasteiger partial charge < -0.3 is 10.0 Å². The molecule has 0 bridgehead atoms. The molecular formula is C14H20BrNO. The standard InChI is InChI=1S/C14H19NO.BrH/c1-2-7-15-8-12-10-5-3-4-6-11(10)14(16)13(12)9-15;/h3-6,12-14,16H,2,7-9H2,1H3;1H. The minimum atomic E-state index is -0.233. The van der Waals surface area contributed by atoms with E-state index in [1.807, 2.05) is 6.07 Å². The van der Waals surface area contributed by atoms with Gasteiger partial charge >= 0.3 is 0 Å². The van der Waals surface area contributed by atoms with Crippen LogP contribution < -0.4 is 0 Å². The van der Waals surface area contributed by atoms with Crippen molar-refractivity contribution in [1.29, 1.82) is 0 Å². The molecule has 3 unspecified atom stereocenters. The first-order chi connectivity index (χ1) is 7.81. The average molecular weight is 298 g/mol. The Balaban J connectivity index is 0.00000108. The fourth-order valence-electron chi connectivity index (χ4n) is 3.41. The lowest BCUT2D eigenvalue weighted by molar-refractivity contribution is 0.118. The largest absolute Gasteiger partial charge is 0.388 e. The molecule has 94 valence electrons. The van der Waals surface area contributed by atoms with E-state index < -0.39 is 0 Å². The molecule has 3 heteroatoms. The zero-order valence-electron chi connectivity index (χ0n) is 10.2. The zero-order valence-corrected chi connectivity index (χ0v) is 11.9. The van der Waals surface area contributed by atoms with Crippen LogP contribution in [0.25, 0.3) is 0 Å². The molecule has 0 aromatic heterocycles. The Bertz CT molecular complexity index is 396. The number of rotatable bonds is 2.